The molecule has 0 bridgehead atoms. The van der Waals surface area contributed by atoms with Crippen LogP contribution in [0.4, 0.5) is 11.4 Å². The van der Waals surface area contributed by atoms with Crippen molar-refractivity contribution in [1.29, 1.82) is 5.26 Å². The number of esters is 1. The first-order valence-electron chi connectivity index (χ1n) is 10.9. The van der Waals surface area contributed by atoms with Crippen LogP contribution in [0.25, 0.3) is 6.08 Å². The minimum absolute atomic E-state index is 0.152. The highest BCUT2D eigenvalue weighted by atomic mass is 16.6. The largest absolute Gasteiger partial charge is 0.453 e. The number of nitro benzene ring substituents is 1. The van der Waals surface area contributed by atoms with Crippen LogP contribution in [0, 0.1) is 27.4 Å². The number of nitrogens with zero attached hydrogens (tertiary/aromatic N) is 2. The van der Waals surface area contributed by atoms with E-state index in [0.29, 0.717) is 5.56 Å². The second kappa shape index (κ2) is 10.5. The van der Waals surface area contributed by atoms with Gasteiger partial charge in [0.2, 0.25) is 5.78 Å². The van der Waals surface area contributed by atoms with E-state index < -0.39 is 40.4 Å². The predicted octanol–water partition coefficient (Wildman–Crippen LogP) is 3.78. The molecule has 0 saturated carbocycles. The van der Waals surface area contributed by atoms with E-state index in [1.807, 2.05) is 0 Å². The molecule has 10 nitrogen and oxygen atoms in total. The summed E-state index contributed by atoms with van der Waals surface area (Å²) < 4.78 is 5.35. The van der Waals surface area contributed by atoms with E-state index in [-0.39, 0.29) is 28.1 Å². The van der Waals surface area contributed by atoms with Crippen molar-refractivity contribution in [3.05, 3.63) is 111 Å². The van der Waals surface area contributed by atoms with Crippen LogP contribution in [0.1, 0.15) is 33.2 Å². The first kappa shape index (κ1) is 24.7. The van der Waals surface area contributed by atoms with Crippen LogP contribution in [-0.4, -0.2) is 28.4 Å². The van der Waals surface area contributed by atoms with Crippen LogP contribution in [-0.2, 0) is 19.1 Å². The molecule has 0 fully saturated rings. The SMILES string of the molecule is N#Cc1cc([N+](=O)[O-])ccc1NC(=O)C(=O)[C@@H](C(=O)/C=C/c1ccccc1)[C@@H]1OC(=O)c2ccccc21. The zero-order chi connectivity index (χ0) is 26.5. The molecule has 1 aliphatic heterocycles. The Kier molecular flexibility index (Phi) is 6.97. The highest BCUT2D eigenvalue weighted by Crippen LogP contribution is 2.37. The lowest BCUT2D eigenvalue weighted by molar-refractivity contribution is -0.384. The quantitative estimate of drug-likeness (QED) is 0.124. The van der Waals surface area contributed by atoms with E-state index in [2.05, 4.69) is 5.32 Å². The number of ether oxygens (including phenoxy) is 1. The fourth-order valence-corrected chi connectivity index (χ4v) is 3.86. The number of Topliss-reactive ketones (excluding diaryl/α,β-unsaturated/α-hetero) is 1. The van der Waals surface area contributed by atoms with Crippen LogP contribution in [0.5, 0.6) is 0 Å². The van der Waals surface area contributed by atoms with E-state index in [4.69, 9.17) is 4.74 Å². The Labute approximate surface area is 209 Å². The Morgan fingerprint density at radius 1 is 1.05 bits per heavy atom. The molecule has 3 aromatic rings. The lowest BCUT2D eigenvalue weighted by Crippen LogP contribution is -2.37. The number of hydrogen-bond acceptors (Lipinski definition) is 8. The van der Waals surface area contributed by atoms with Crippen LogP contribution in [0.3, 0.4) is 0 Å². The molecule has 0 aliphatic carbocycles. The maximum Gasteiger partial charge on any atom is 0.339 e. The molecule has 0 unspecified atom stereocenters. The number of rotatable bonds is 8. The van der Waals surface area contributed by atoms with Gasteiger partial charge < -0.3 is 10.1 Å². The molecule has 0 saturated heterocycles. The normalized spacial score (nSPS) is 14.8. The molecule has 10 heteroatoms. The number of carbonyl (C=O) groups is 4. The molecule has 37 heavy (non-hydrogen) atoms. The Bertz CT molecular complexity index is 1510. The number of anilines is 1. The summed E-state index contributed by atoms with van der Waals surface area (Å²) in [5, 5.41) is 22.6. The topological polar surface area (TPSA) is 156 Å². The van der Waals surface area contributed by atoms with E-state index >= 15 is 0 Å². The van der Waals surface area contributed by atoms with Gasteiger partial charge >= 0.3 is 5.97 Å². The zero-order valence-electron chi connectivity index (χ0n) is 19.0. The van der Waals surface area contributed by atoms with Crippen LogP contribution < -0.4 is 5.32 Å². The molecule has 0 spiro atoms. The fourth-order valence-electron chi connectivity index (χ4n) is 3.86. The Morgan fingerprint density at radius 3 is 2.46 bits per heavy atom. The summed E-state index contributed by atoms with van der Waals surface area (Å²) in [5.74, 6) is -5.68. The number of nitrogens with one attached hydrogen (secondary N) is 1. The standard InChI is InChI=1S/C27H17N3O7/c28-15-17-14-18(30(35)36)11-12-21(17)29-26(33)24(32)23(22(31)13-10-16-6-2-1-3-7-16)25-19-8-4-5-9-20(19)27(34)37-25/h1-14,23,25H,(H,29,33)/b13-10+/t23-,25-/m1/s1. The monoisotopic (exact) mass is 495 g/mol. The van der Waals surface area contributed by atoms with Gasteiger partial charge in [-0.3, -0.25) is 24.5 Å². The molecule has 3 aromatic carbocycles. The predicted molar refractivity (Wildman–Crippen MR) is 130 cm³/mol. The Balaban J connectivity index is 1.67. The molecular formula is C27H17N3O7. The number of allylic oxidation sites excluding steroid dienone is 1. The Morgan fingerprint density at radius 2 is 1.76 bits per heavy atom. The number of hydrogen-bond donors (Lipinski definition) is 1. The van der Waals surface area contributed by atoms with Gasteiger partial charge in [-0.1, -0.05) is 54.6 Å². The fraction of sp³-hybridized carbons (Fsp3) is 0.0741. The zero-order valence-corrected chi connectivity index (χ0v) is 19.0. The first-order chi connectivity index (χ1) is 17.8. The van der Waals surface area contributed by atoms with Crippen molar-refractivity contribution in [2.24, 2.45) is 5.92 Å². The number of amides is 1. The number of non-ortho nitro benzene ring substituents is 1. The number of carbonyl (C=O) groups excluding carboxylic acids is 4. The van der Waals surface area contributed by atoms with Crippen molar-refractivity contribution in [3.63, 3.8) is 0 Å². The highest BCUT2D eigenvalue weighted by Gasteiger charge is 2.45. The van der Waals surface area contributed by atoms with Gasteiger partial charge in [0.1, 0.15) is 18.1 Å². The van der Waals surface area contributed by atoms with E-state index in [0.717, 1.165) is 24.3 Å². The van der Waals surface area contributed by atoms with Crippen molar-refractivity contribution < 1.29 is 28.8 Å². The highest BCUT2D eigenvalue weighted by molar-refractivity contribution is 6.45. The molecule has 1 N–H and O–H groups in total. The van der Waals surface area contributed by atoms with Crippen LogP contribution >= 0.6 is 0 Å². The second-order valence-electron chi connectivity index (χ2n) is 7.95. The summed E-state index contributed by atoms with van der Waals surface area (Å²) in [6, 6.07) is 19.8. The van der Waals surface area contributed by atoms with Gasteiger partial charge in [-0.2, -0.15) is 5.26 Å². The smallest absolute Gasteiger partial charge is 0.339 e. The van der Waals surface area contributed by atoms with Crippen molar-refractivity contribution in [2.75, 3.05) is 5.32 Å². The first-order valence-corrected chi connectivity index (χ1v) is 10.9. The number of fused-ring (bicyclic) bond motifs is 1. The molecule has 1 amide bonds. The van der Waals surface area contributed by atoms with E-state index in [1.165, 1.54) is 18.2 Å². The van der Waals surface area contributed by atoms with Crippen molar-refractivity contribution in [1.82, 2.24) is 0 Å². The van der Waals surface area contributed by atoms with Crippen molar-refractivity contribution >= 4 is 40.9 Å². The summed E-state index contributed by atoms with van der Waals surface area (Å²) in [6.45, 7) is 0. The molecule has 1 heterocycles. The maximum atomic E-state index is 13.3. The lowest BCUT2D eigenvalue weighted by Gasteiger charge is -2.20. The summed E-state index contributed by atoms with van der Waals surface area (Å²) in [6.07, 6.45) is 1.25. The summed E-state index contributed by atoms with van der Waals surface area (Å²) in [4.78, 5) is 62.2. The third kappa shape index (κ3) is 5.16. The van der Waals surface area contributed by atoms with Crippen molar-refractivity contribution in [3.8, 4) is 6.07 Å². The number of cyclic esters (lactones) is 1. The summed E-state index contributed by atoms with van der Waals surface area (Å²) in [7, 11) is 0. The van der Waals surface area contributed by atoms with Crippen LogP contribution in [0.2, 0.25) is 0 Å². The summed E-state index contributed by atoms with van der Waals surface area (Å²) >= 11 is 0. The molecule has 2 atom stereocenters. The minimum Gasteiger partial charge on any atom is -0.453 e. The van der Waals surface area contributed by atoms with Gasteiger partial charge in [-0.25, -0.2) is 4.79 Å². The third-order valence-electron chi connectivity index (χ3n) is 5.66. The summed E-state index contributed by atoms with van der Waals surface area (Å²) in [5.41, 5.74) is 0.344. The van der Waals surface area contributed by atoms with Gasteiger partial charge in [0.15, 0.2) is 5.78 Å². The second-order valence-corrected chi connectivity index (χ2v) is 7.95. The van der Waals surface area contributed by atoms with Gasteiger partial charge in [0.05, 0.1) is 21.7 Å². The van der Waals surface area contributed by atoms with E-state index in [1.54, 1.807) is 48.5 Å². The van der Waals surface area contributed by atoms with Crippen LogP contribution in [0.15, 0.2) is 78.9 Å². The van der Waals surface area contributed by atoms with Gasteiger partial charge in [0.25, 0.3) is 11.6 Å². The number of nitro groups is 1. The third-order valence-corrected chi connectivity index (χ3v) is 5.66. The van der Waals surface area contributed by atoms with Gasteiger partial charge in [0, 0.05) is 17.7 Å². The molecule has 182 valence electrons. The van der Waals surface area contributed by atoms with E-state index in [9.17, 15) is 34.6 Å². The van der Waals surface area contributed by atoms with Gasteiger partial charge in [-0.05, 0) is 23.8 Å². The molecule has 0 radical (unpaired) electrons. The average molecular weight is 495 g/mol. The van der Waals surface area contributed by atoms with Gasteiger partial charge in [-0.15, -0.1) is 0 Å². The number of ketones is 2. The molecule has 1 aliphatic rings. The molecule has 4 rings (SSSR count). The average Bonchev–Trinajstić information content (AvgIpc) is 3.24. The molecular weight excluding hydrogens is 478 g/mol. The maximum absolute atomic E-state index is 13.3. The number of benzene rings is 3. The number of nitriles is 1. The molecule has 0 aromatic heterocycles. The lowest BCUT2D eigenvalue weighted by atomic mass is 9.86. The minimum atomic E-state index is -1.71. The Hall–Kier alpha value is -5.43. The van der Waals surface area contributed by atoms with Crippen molar-refractivity contribution in [2.45, 2.75) is 6.10 Å².